The Morgan fingerprint density at radius 3 is 2.57 bits per heavy atom. The van der Waals surface area contributed by atoms with E-state index in [9.17, 15) is 19.5 Å². The highest BCUT2D eigenvalue weighted by atomic mass is 127. The van der Waals surface area contributed by atoms with Gasteiger partial charge in [0.2, 0.25) is 5.91 Å². The summed E-state index contributed by atoms with van der Waals surface area (Å²) in [5.41, 5.74) is 0.337. The largest absolute Gasteiger partial charge is 0.388 e. The van der Waals surface area contributed by atoms with E-state index in [0.29, 0.717) is 66.4 Å². The predicted molar refractivity (Wildman–Crippen MR) is 171 cm³/mol. The van der Waals surface area contributed by atoms with Gasteiger partial charge in [-0.1, -0.05) is 41.9 Å². The van der Waals surface area contributed by atoms with Gasteiger partial charge in [-0.15, -0.1) is 11.3 Å². The Morgan fingerprint density at radius 2 is 1.88 bits per heavy atom. The molecule has 0 unspecified atom stereocenters. The fraction of sp³-hybridized carbons (Fsp3) is 0.400. The molecule has 2 atom stereocenters. The van der Waals surface area contributed by atoms with Gasteiger partial charge in [0.05, 0.1) is 25.4 Å². The summed E-state index contributed by atoms with van der Waals surface area (Å²) < 4.78 is 4.22. The Morgan fingerprint density at radius 1 is 1.14 bits per heavy atom. The first kappa shape index (κ1) is 29.3. The molecule has 0 aliphatic carbocycles. The van der Waals surface area contributed by atoms with Crippen LogP contribution >= 0.6 is 45.5 Å². The second-order valence-corrected chi connectivity index (χ2v) is 14.6. The minimum Gasteiger partial charge on any atom is -0.388 e. The van der Waals surface area contributed by atoms with Gasteiger partial charge in [0.15, 0.2) is 0 Å². The van der Waals surface area contributed by atoms with E-state index in [1.165, 1.54) is 22.2 Å². The lowest BCUT2D eigenvalue weighted by Gasteiger charge is -2.43. The number of benzene rings is 1. The lowest BCUT2D eigenvalue weighted by atomic mass is 9.79. The Labute approximate surface area is 265 Å². The van der Waals surface area contributed by atoms with Crippen molar-refractivity contribution in [3.63, 3.8) is 0 Å². The molecule has 2 saturated heterocycles. The first-order valence-corrected chi connectivity index (χ1v) is 16.2. The van der Waals surface area contributed by atoms with E-state index >= 15 is 0 Å². The molecule has 4 aromatic rings. The number of piperidine rings is 2. The third kappa shape index (κ3) is 5.63. The number of hydrogen-bond acceptors (Lipinski definition) is 6. The van der Waals surface area contributed by atoms with Gasteiger partial charge in [0.1, 0.15) is 16.9 Å². The molecule has 42 heavy (non-hydrogen) atoms. The number of aromatic nitrogens is 3. The molecule has 0 saturated carbocycles. The molecular formula is C30H31ClIN5O4S. The number of aryl methyl sites for hydroxylation is 1. The van der Waals surface area contributed by atoms with Gasteiger partial charge in [0, 0.05) is 51.3 Å². The minimum atomic E-state index is -1.11. The van der Waals surface area contributed by atoms with Crippen LogP contribution in [-0.4, -0.2) is 72.6 Å². The smallest absolute Gasteiger partial charge is 0.265 e. The zero-order chi connectivity index (χ0) is 29.6. The number of nitrogens with zero attached hydrogens (tertiary/aromatic N) is 5. The highest BCUT2D eigenvalue weighted by Gasteiger charge is 2.42. The molecule has 1 aromatic carbocycles. The fourth-order valence-electron chi connectivity index (χ4n) is 6.25. The van der Waals surface area contributed by atoms with Crippen LogP contribution in [0.3, 0.4) is 0 Å². The van der Waals surface area contributed by atoms with E-state index < -0.39 is 5.60 Å². The SMILES string of the molecule is Cn1ccc2c(=O)n(CC3(O)CCN(C(=O)[C@@H]4CCN(C(=O)c5sc(I)cc5Cl)C[C@H]4c4ccccc4)CC3)cnc21. The van der Waals surface area contributed by atoms with E-state index in [2.05, 4.69) is 27.6 Å². The fourth-order valence-corrected chi connectivity index (χ4v) is 8.52. The standard InChI is InChI=1S/C30H31ClIN5O4S/c1-34-11-7-21-26(34)33-18-37(28(21)39)17-30(41)9-13-35(14-10-30)27(38)20-8-12-36(16-22(20)19-5-3-2-4-6-19)29(40)25-23(31)15-24(32)42-25/h2-7,11,15,18,20,22,41H,8-10,12-14,16-17H2,1H3/t20-,22+/m1/s1. The van der Waals surface area contributed by atoms with Gasteiger partial charge < -0.3 is 19.5 Å². The van der Waals surface area contributed by atoms with E-state index in [1.54, 1.807) is 22.9 Å². The molecule has 2 amide bonds. The first-order chi connectivity index (χ1) is 20.1. The lowest BCUT2D eigenvalue weighted by molar-refractivity contribution is -0.142. The zero-order valence-corrected chi connectivity index (χ0v) is 26.8. The summed E-state index contributed by atoms with van der Waals surface area (Å²) >= 11 is 9.91. The molecule has 0 spiro atoms. The molecular weight excluding hydrogens is 689 g/mol. The van der Waals surface area contributed by atoms with Crippen molar-refractivity contribution in [2.45, 2.75) is 37.3 Å². The average Bonchev–Trinajstić information content (AvgIpc) is 3.55. The maximum absolute atomic E-state index is 14.0. The van der Waals surface area contributed by atoms with E-state index in [-0.39, 0.29) is 35.8 Å². The van der Waals surface area contributed by atoms with Crippen LogP contribution in [0.1, 0.15) is 40.4 Å². The van der Waals surface area contributed by atoms with Crippen LogP contribution in [0.15, 0.2) is 59.8 Å². The summed E-state index contributed by atoms with van der Waals surface area (Å²) in [6, 6.07) is 13.4. The first-order valence-electron chi connectivity index (χ1n) is 13.9. The Bertz CT molecular complexity index is 1690. The topological polar surface area (TPSA) is 101 Å². The number of rotatable bonds is 5. The predicted octanol–water partition coefficient (Wildman–Crippen LogP) is 4.35. The van der Waals surface area contributed by atoms with Crippen molar-refractivity contribution in [1.29, 1.82) is 0 Å². The highest BCUT2D eigenvalue weighted by molar-refractivity contribution is 14.1. The van der Waals surface area contributed by atoms with Gasteiger partial charge >= 0.3 is 0 Å². The van der Waals surface area contributed by atoms with Crippen molar-refractivity contribution in [2.75, 3.05) is 26.2 Å². The summed E-state index contributed by atoms with van der Waals surface area (Å²) in [5, 5.41) is 12.4. The normalized spacial score (nSPS) is 20.7. The van der Waals surface area contributed by atoms with Gasteiger partial charge in [-0.25, -0.2) is 4.98 Å². The number of carbonyl (C=O) groups is 2. The molecule has 2 aliphatic rings. The third-order valence-electron chi connectivity index (χ3n) is 8.62. The van der Waals surface area contributed by atoms with Gasteiger partial charge in [0.25, 0.3) is 11.5 Å². The van der Waals surface area contributed by atoms with Crippen LogP contribution in [0.25, 0.3) is 11.0 Å². The number of carbonyl (C=O) groups excluding carboxylic acids is 2. The molecule has 12 heteroatoms. The number of fused-ring (bicyclic) bond motifs is 1. The van der Waals surface area contributed by atoms with Crippen LogP contribution < -0.4 is 5.56 Å². The van der Waals surface area contributed by atoms with Crippen LogP contribution in [0, 0.1) is 8.80 Å². The molecule has 5 heterocycles. The van der Waals surface area contributed by atoms with Crippen molar-refractivity contribution < 1.29 is 14.7 Å². The number of thiophene rings is 1. The Kier molecular flexibility index (Phi) is 8.20. The maximum atomic E-state index is 14.0. The number of likely N-dealkylation sites (tertiary alicyclic amines) is 2. The van der Waals surface area contributed by atoms with E-state index in [1.807, 2.05) is 47.2 Å². The molecule has 3 aromatic heterocycles. The van der Waals surface area contributed by atoms with Crippen LogP contribution in [0.5, 0.6) is 0 Å². The van der Waals surface area contributed by atoms with Gasteiger partial charge in [-0.2, -0.15) is 0 Å². The molecule has 0 radical (unpaired) electrons. The summed E-state index contributed by atoms with van der Waals surface area (Å²) in [6.07, 6.45) is 4.55. The van der Waals surface area contributed by atoms with Crippen LogP contribution in [0.2, 0.25) is 5.02 Å². The van der Waals surface area contributed by atoms with E-state index in [0.717, 1.165) is 8.45 Å². The average molecular weight is 720 g/mol. The second-order valence-electron chi connectivity index (χ2n) is 11.3. The number of halogens is 2. The minimum absolute atomic E-state index is 0.0474. The lowest BCUT2D eigenvalue weighted by Crippen LogP contribution is -2.53. The van der Waals surface area contributed by atoms with Crippen molar-refractivity contribution in [3.05, 3.63) is 83.7 Å². The van der Waals surface area contributed by atoms with Crippen molar-refractivity contribution in [1.82, 2.24) is 23.9 Å². The Balaban J connectivity index is 1.16. The summed E-state index contributed by atoms with van der Waals surface area (Å²) in [7, 11) is 1.84. The summed E-state index contributed by atoms with van der Waals surface area (Å²) in [6.45, 7) is 1.83. The monoisotopic (exact) mass is 719 g/mol. The van der Waals surface area contributed by atoms with Crippen LogP contribution in [0.4, 0.5) is 0 Å². The van der Waals surface area contributed by atoms with Crippen molar-refractivity contribution in [3.8, 4) is 0 Å². The molecule has 2 aliphatic heterocycles. The molecule has 2 fully saturated rings. The van der Waals surface area contributed by atoms with E-state index in [4.69, 9.17) is 11.6 Å². The molecule has 1 N–H and O–H groups in total. The van der Waals surface area contributed by atoms with Gasteiger partial charge in [-0.05, 0) is 59.5 Å². The van der Waals surface area contributed by atoms with Crippen molar-refractivity contribution in [2.24, 2.45) is 13.0 Å². The second kappa shape index (κ2) is 11.7. The Hall–Kier alpha value is -2.74. The van der Waals surface area contributed by atoms with Gasteiger partial charge in [-0.3, -0.25) is 19.0 Å². The number of aliphatic hydroxyl groups is 1. The molecule has 9 nitrogen and oxygen atoms in total. The van der Waals surface area contributed by atoms with Crippen LogP contribution in [-0.2, 0) is 18.4 Å². The maximum Gasteiger partial charge on any atom is 0.265 e. The summed E-state index contributed by atoms with van der Waals surface area (Å²) in [4.78, 5) is 49.0. The number of hydrogen-bond donors (Lipinski definition) is 1. The quantitative estimate of drug-likeness (QED) is 0.310. The van der Waals surface area contributed by atoms with Crippen molar-refractivity contribution >= 4 is 68.4 Å². The zero-order valence-electron chi connectivity index (χ0n) is 23.1. The third-order valence-corrected chi connectivity index (χ3v) is 10.9. The molecule has 220 valence electrons. The highest BCUT2D eigenvalue weighted by Crippen LogP contribution is 2.37. The molecule has 6 rings (SSSR count). The number of amides is 2. The molecule has 0 bridgehead atoms. The summed E-state index contributed by atoms with van der Waals surface area (Å²) in [5.74, 6) is -0.487.